The molecule has 8 heteroatoms. The fourth-order valence-corrected chi connectivity index (χ4v) is 2.00. The molecule has 2 heterocycles. The Morgan fingerprint density at radius 3 is 2.47 bits per heavy atom. The van der Waals surface area contributed by atoms with E-state index >= 15 is 0 Å². The van der Waals surface area contributed by atoms with E-state index in [-0.39, 0.29) is 46.8 Å². The zero-order valence-corrected chi connectivity index (χ0v) is 10.2. The van der Waals surface area contributed by atoms with Gasteiger partial charge in [-0.3, -0.25) is 9.69 Å². The second-order valence-electron chi connectivity index (χ2n) is 3.78. The van der Waals surface area contributed by atoms with Crippen LogP contribution in [0.2, 0.25) is 10.3 Å². The van der Waals surface area contributed by atoms with Gasteiger partial charge >= 0.3 is 0 Å². The number of aromatic nitrogens is 2. The third-order valence-corrected chi connectivity index (χ3v) is 3.12. The molecule has 17 heavy (non-hydrogen) atoms. The predicted octanol–water partition coefficient (Wildman–Crippen LogP) is 0.711. The van der Waals surface area contributed by atoms with Crippen LogP contribution in [0.25, 0.3) is 0 Å². The second-order valence-corrected chi connectivity index (χ2v) is 4.49. The first-order chi connectivity index (χ1) is 8.02. The molecular weight excluding hydrogens is 267 g/mol. The van der Waals surface area contributed by atoms with Gasteiger partial charge in [0, 0.05) is 25.5 Å². The van der Waals surface area contributed by atoms with E-state index in [0.29, 0.717) is 6.54 Å². The first-order valence-electron chi connectivity index (χ1n) is 4.92. The molecule has 1 unspecified atom stereocenters. The minimum Gasteiger partial charge on any atom is -0.396 e. The van der Waals surface area contributed by atoms with Crippen molar-refractivity contribution in [1.82, 2.24) is 9.97 Å². The summed E-state index contributed by atoms with van der Waals surface area (Å²) in [7, 11) is 0. The molecule has 6 nitrogen and oxygen atoms in total. The Kier molecular flexibility index (Phi) is 3.37. The van der Waals surface area contributed by atoms with Gasteiger partial charge in [-0.1, -0.05) is 23.2 Å². The highest BCUT2D eigenvalue weighted by Gasteiger charge is 2.32. The molecule has 1 fully saturated rings. The first kappa shape index (κ1) is 12.3. The molecule has 3 N–H and O–H groups in total. The quantitative estimate of drug-likeness (QED) is 0.777. The summed E-state index contributed by atoms with van der Waals surface area (Å²) in [5.41, 5.74) is 5.59. The predicted molar refractivity (Wildman–Crippen MR) is 64.0 cm³/mol. The fraction of sp³-hybridized carbons (Fsp3) is 0.444. The van der Waals surface area contributed by atoms with Gasteiger partial charge in [0.15, 0.2) is 10.3 Å². The molecule has 1 aromatic heterocycles. The van der Waals surface area contributed by atoms with Crippen LogP contribution in [-0.2, 0) is 4.79 Å². The van der Waals surface area contributed by atoms with Crippen molar-refractivity contribution in [3.8, 4) is 0 Å². The lowest BCUT2D eigenvalue weighted by atomic mass is 10.1. The van der Waals surface area contributed by atoms with E-state index in [1.807, 2.05) is 0 Å². The number of hydrogen-bond acceptors (Lipinski definition) is 5. The van der Waals surface area contributed by atoms with Gasteiger partial charge in [-0.15, -0.1) is 0 Å². The molecule has 0 aliphatic carbocycles. The highest BCUT2D eigenvalue weighted by Crippen LogP contribution is 2.29. The molecule has 0 radical (unpaired) electrons. The minimum absolute atomic E-state index is 0.0141. The fourth-order valence-electron chi connectivity index (χ4n) is 1.62. The Labute approximate surface area is 107 Å². The van der Waals surface area contributed by atoms with E-state index in [1.165, 1.54) is 4.90 Å². The molecule has 0 bridgehead atoms. The van der Waals surface area contributed by atoms with Gasteiger partial charge in [-0.2, -0.15) is 9.97 Å². The lowest BCUT2D eigenvalue weighted by Crippen LogP contribution is -2.27. The van der Waals surface area contributed by atoms with Crippen LogP contribution in [0.3, 0.4) is 0 Å². The van der Waals surface area contributed by atoms with Gasteiger partial charge in [0.2, 0.25) is 11.9 Å². The summed E-state index contributed by atoms with van der Waals surface area (Å²) in [6.07, 6.45) is 0.263. The average Bonchev–Trinajstić information content (AvgIpc) is 2.67. The topological polar surface area (TPSA) is 92.3 Å². The average molecular weight is 277 g/mol. The third-order valence-electron chi connectivity index (χ3n) is 2.55. The number of halogens is 2. The number of amides is 1. The van der Waals surface area contributed by atoms with E-state index in [0.717, 1.165) is 0 Å². The van der Waals surface area contributed by atoms with Crippen LogP contribution in [0.4, 0.5) is 11.6 Å². The molecule has 1 atom stereocenters. The van der Waals surface area contributed by atoms with E-state index in [9.17, 15) is 4.79 Å². The molecule has 1 saturated heterocycles. The summed E-state index contributed by atoms with van der Waals surface area (Å²) >= 11 is 11.5. The van der Waals surface area contributed by atoms with Crippen LogP contribution < -0.4 is 10.6 Å². The number of rotatable bonds is 2. The number of carbonyl (C=O) groups is 1. The standard InChI is InChI=1S/C9H10Cl2N4O2/c10-7-6(12)8(11)14-9(13-7)15-2-4(3-16)1-5(15)17/h4,16H,1-3,12H2. The van der Waals surface area contributed by atoms with Crippen LogP contribution in [0.1, 0.15) is 6.42 Å². The van der Waals surface area contributed by atoms with E-state index < -0.39 is 0 Å². The SMILES string of the molecule is Nc1c(Cl)nc(N2CC(CO)CC2=O)nc1Cl. The number of hydrogen-bond donors (Lipinski definition) is 2. The van der Waals surface area contributed by atoms with Crippen molar-refractivity contribution >= 4 is 40.7 Å². The van der Waals surface area contributed by atoms with Crippen molar-refractivity contribution in [2.75, 3.05) is 23.8 Å². The Morgan fingerprint density at radius 2 is 2.00 bits per heavy atom. The molecular formula is C9H10Cl2N4O2. The summed E-state index contributed by atoms with van der Waals surface area (Å²) in [4.78, 5) is 20.8. The summed E-state index contributed by atoms with van der Waals surface area (Å²) in [6.45, 7) is 0.296. The van der Waals surface area contributed by atoms with Crippen LogP contribution in [-0.4, -0.2) is 34.1 Å². The number of nitrogen functional groups attached to an aromatic ring is 1. The normalized spacial score (nSPS) is 20.1. The van der Waals surface area contributed by atoms with Gasteiger partial charge in [-0.25, -0.2) is 0 Å². The molecule has 0 spiro atoms. The molecule has 0 saturated carbocycles. The summed E-state index contributed by atoms with van der Waals surface area (Å²) in [5, 5.41) is 9.04. The van der Waals surface area contributed by atoms with Gasteiger partial charge in [-0.05, 0) is 0 Å². The number of aliphatic hydroxyl groups excluding tert-OH is 1. The van der Waals surface area contributed by atoms with Crippen LogP contribution >= 0.6 is 23.2 Å². The first-order valence-corrected chi connectivity index (χ1v) is 5.68. The molecule has 1 aromatic rings. The Morgan fingerprint density at radius 1 is 1.41 bits per heavy atom. The van der Waals surface area contributed by atoms with Gasteiger partial charge in [0.05, 0.1) is 0 Å². The van der Waals surface area contributed by atoms with Crippen molar-refractivity contribution in [3.63, 3.8) is 0 Å². The zero-order chi connectivity index (χ0) is 12.6. The van der Waals surface area contributed by atoms with Gasteiger partial charge < -0.3 is 10.8 Å². The van der Waals surface area contributed by atoms with E-state index in [1.54, 1.807) is 0 Å². The van der Waals surface area contributed by atoms with Crippen molar-refractivity contribution < 1.29 is 9.90 Å². The third kappa shape index (κ3) is 2.29. The molecule has 1 aliphatic heterocycles. The minimum atomic E-state index is -0.166. The number of nitrogens with zero attached hydrogens (tertiary/aromatic N) is 3. The second kappa shape index (κ2) is 4.64. The Bertz CT molecular complexity index is 445. The maximum Gasteiger partial charge on any atom is 0.235 e. The van der Waals surface area contributed by atoms with E-state index in [4.69, 9.17) is 34.0 Å². The monoisotopic (exact) mass is 276 g/mol. The van der Waals surface area contributed by atoms with Crippen molar-refractivity contribution in [3.05, 3.63) is 10.3 Å². The highest BCUT2D eigenvalue weighted by atomic mass is 35.5. The van der Waals surface area contributed by atoms with Crippen LogP contribution in [0.5, 0.6) is 0 Å². The summed E-state index contributed by atoms with van der Waals surface area (Å²) in [6, 6.07) is 0. The smallest absolute Gasteiger partial charge is 0.235 e. The van der Waals surface area contributed by atoms with Crippen LogP contribution in [0.15, 0.2) is 0 Å². The van der Waals surface area contributed by atoms with E-state index in [2.05, 4.69) is 9.97 Å². The van der Waals surface area contributed by atoms with Crippen molar-refractivity contribution in [2.24, 2.45) is 5.92 Å². The van der Waals surface area contributed by atoms with Crippen LogP contribution in [0, 0.1) is 5.92 Å². The number of anilines is 2. The Balaban J connectivity index is 2.32. The molecule has 2 rings (SSSR count). The van der Waals surface area contributed by atoms with Gasteiger partial charge in [0.25, 0.3) is 0 Å². The number of aliphatic hydroxyl groups is 1. The number of nitrogens with two attached hydrogens (primary N) is 1. The molecule has 1 aliphatic rings. The molecule has 1 amide bonds. The van der Waals surface area contributed by atoms with Crippen molar-refractivity contribution in [1.29, 1.82) is 0 Å². The number of carbonyl (C=O) groups excluding carboxylic acids is 1. The Hall–Kier alpha value is -1.11. The highest BCUT2D eigenvalue weighted by molar-refractivity contribution is 6.37. The maximum atomic E-state index is 11.7. The van der Waals surface area contributed by atoms with Crippen molar-refractivity contribution in [2.45, 2.75) is 6.42 Å². The lowest BCUT2D eigenvalue weighted by molar-refractivity contribution is -0.117. The molecule has 0 aromatic carbocycles. The van der Waals surface area contributed by atoms with Gasteiger partial charge in [0.1, 0.15) is 5.69 Å². The largest absolute Gasteiger partial charge is 0.396 e. The maximum absolute atomic E-state index is 11.7. The lowest BCUT2D eigenvalue weighted by Gasteiger charge is -2.15. The molecule has 92 valence electrons. The summed E-state index contributed by atoms with van der Waals surface area (Å²) in [5.74, 6) is -0.155. The summed E-state index contributed by atoms with van der Waals surface area (Å²) < 4.78 is 0. The zero-order valence-electron chi connectivity index (χ0n) is 8.73.